The van der Waals surface area contributed by atoms with Crippen molar-refractivity contribution >= 4 is 6.98 Å². The highest BCUT2D eigenvalue weighted by atomic mass is 19.4. The Kier molecular flexibility index (Phi) is 2.46. The minimum Gasteiger partial charge on any atom is -0.449 e. The van der Waals surface area contributed by atoms with E-state index < -0.39 is 55.0 Å². The second-order valence-corrected chi connectivity index (χ2v) is 5.40. The maximum absolute atomic E-state index is 13.6. The van der Waals surface area contributed by atoms with Crippen molar-refractivity contribution in [2.75, 3.05) is 0 Å². The van der Waals surface area contributed by atoms with Crippen molar-refractivity contribution in [1.29, 1.82) is 0 Å². The van der Waals surface area contributed by atoms with Gasteiger partial charge in [-0.25, -0.2) is 4.39 Å². The van der Waals surface area contributed by atoms with Gasteiger partial charge in [-0.05, 0) is 0 Å². The molecule has 3 aliphatic carbocycles. The number of hydrogen-bond donors (Lipinski definition) is 0. The molecule has 0 spiro atoms. The van der Waals surface area contributed by atoms with E-state index in [1.807, 2.05) is 0 Å². The molecule has 0 heterocycles. The molecule has 0 N–H and O–H groups in total. The molecule has 0 nitrogen and oxygen atoms in total. The zero-order chi connectivity index (χ0) is 15.1. The van der Waals surface area contributed by atoms with Crippen molar-refractivity contribution in [2.24, 2.45) is 5.41 Å². The predicted molar refractivity (Wildman–Crippen MR) is 44.0 cm³/mol. The molecule has 2 bridgehead atoms. The second kappa shape index (κ2) is 3.16. The number of halogens is 10. The van der Waals surface area contributed by atoms with Gasteiger partial charge in [-0.3, -0.25) is 0 Å². The zero-order valence-corrected chi connectivity index (χ0v) is 8.98. The quantitative estimate of drug-likeness (QED) is 0.517. The Balaban J connectivity index is 2.34. The summed E-state index contributed by atoms with van der Waals surface area (Å²) in [4.78, 5) is 0. The molecule has 0 aliphatic heterocycles. The van der Waals surface area contributed by atoms with Crippen LogP contribution in [-0.4, -0.2) is 25.0 Å². The summed E-state index contributed by atoms with van der Waals surface area (Å²) < 4.78 is 125. The summed E-state index contributed by atoms with van der Waals surface area (Å²) in [6, 6.07) is 0. The molecule has 0 aromatic rings. The van der Waals surface area contributed by atoms with Crippen LogP contribution < -0.4 is 0 Å². The van der Waals surface area contributed by atoms with Gasteiger partial charge in [0.05, 0.1) is 0 Å². The van der Waals surface area contributed by atoms with Crippen molar-refractivity contribution in [3.8, 4) is 0 Å². The van der Waals surface area contributed by atoms with Gasteiger partial charge in [0.15, 0.2) is 0 Å². The SMILES string of the molecule is F[B-](F)(F)C12CC(C(F)(C(F)(F)F)C(F)(F)F)(C1)C2. The van der Waals surface area contributed by atoms with Crippen LogP contribution in [0.2, 0.25) is 5.31 Å². The Bertz CT molecular complexity index is 367. The molecular weight excluding hydrogens is 297 g/mol. The van der Waals surface area contributed by atoms with Gasteiger partial charge in [0.1, 0.15) is 0 Å². The highest BCUT2D eigenvalue weighted by molar-refractivity contribution is 6.63. The van der Waals surface area contributed by atoms with Crippen LogP contribution in [0.3, 0.4) is 0 Å². The maximum Gasteiger partial charge on any atom is 0.484 e. The van der Waals surface area contributed by atoms with Crippen LogP contribution >= 0.6 is 0 Å². The summed E-state index contributed by atoms with van der Waals surface area (Å²) in [6.07, 6.45) is -16.9. The third-order valence-corrected chi connectivity index (χ3v) is 4.28. The van der Waals surface area contributed by atoms with Crippen LogP contribution in [0.15, 0.2) is 0 Å². The molecule has 3 saturated carbocycles. The van der Waals surface area contributed by atoms with Gasteiger partial charge in [0, 0.05) is 5.41 Å². The molecular formula is C8H6BF10-. The molecule has 0 amide bonds. The molecule has 0 atom stereocenters. The Morgan fingerprint density at radius 1 is 0.684 bits per heavy atom. The van der Waals surface area contributed by atoms with Crippen molar-refractivity contribution in [3.63, 3.8) is 0 Å². The highest BCUT2D eigenvalue weighted by Gasteiger charge is 2.91. The fraction of sp³-hybridized carbons (Fsp3) is 1.00. The minimum atomic E-state index is -6.28. The van der Waals surface area contributed by atoms with E-state index in [1.54, 1.807) is 0 Å². The van der Waals surface area contributed by atoms with Crippen LogP contribution in [0.4, 0.5) is 43.7 Å². The molecule has 0 aromatic heterocycles. The van der Waals surface area contributed by atoms with Crippen LogP contribution in [0, 0.1) is 5.41 Å². The molecule has 0 aromatic carbocycles. The maximum atomic E-state index is 13.6. The third kappa shape index (κ3) is 1.44. The summed E-state index contributed by atoms with van der Waals surface area (Å²) in [5.41, 5.74) is -8.59. The van der Waals surface area contributed by atoms with E-state index in [4.69, 9.17) is 0 Å². The van der Waals surface area contributed by atoms with Crippen LogP contribution in [0.5, 0.6) is 0 Å². The van der Waals surface area contributed by atoms with Crippen LogP contribution in [0.25, 0.3) is 0 Å². The topological polar surface area (TPSA) is 0 Å². The van der Waals surface area contributed by atoms with Gasteiger partial charge in [0.2, 0.25) is 0 Å². The van der Waals surface area contributed by atoms with Crippen LogP contribution in [-0.2, 0) is 0 Å². The Labute approximate surface area is 99.7 Å². The van der Waals surface area contributed by atoms with E-state index in [2.05, 4.69) is 0 Å². The van der Waals surface area contributed by atoms with Gasteiger partial charge in [-0.1, -0.05) is 24.6 Å². The third-order valence-electron chi connectivity index (χ3n) is 4.28. The normalized spacial score (nSPS) is 35.7. The van der Waals surface area contributed by atoms with Gasteiger partial charge in [0.25, 0.3) is 0 Å². The van der Waals surface area contributed by atoms with Gasteiger partial charge in [-0.15, -0.1) is 0 Å². The zero-order valence-electron chi connectivity index (χ0n) is 8.98. The summed E-state index contributed by atoms with van der Waals surface area (Å²) in [6.45, 7) is -5.57. The molecule has 0 unspecified atom stereocenters. The van der Waals surface area contributed by atoms with E-state index >= 15 is 0 Å². The monoisotopic (exact) mass is 303 g/mol. The highest BCUT2D eigenvalue weighted by Crippen LogP contribution is 2.88. The van der Waals surface area contributed by atoms with Crippen molar-refractivity contribution < 1.29 is 43.7 Å². The van der Waals surface area contributed by atoms with E-state index in [0.717, 1.165) is 0 Å². The van der Waals surface area contributed by atoms with Gasteiger partial charge in [-0.2, -0.15) is 26.3 Å². The van der Waals surface area contributed by atoms with Crippen LogP contribution in [0.1, 0.15) is 19.3 Å². The molecule has 3 rings (SSSR count). The minimum absolute atomic E-state index is 1.45. The van der Waals surface area contributed by atoms with Crippen molar-refractivity contribution in [2.45, 2.75) is 42.6 Å². The van der Waals surface area contributed by atoms with Crippen molar-refractivity contribution in [3.05, 3.63) is 0 Å². The lowest BCUT2D eigenvalue weighted by molar-refractivity contribution is -0.415. The predicted octanol–water partition coefficient (Wildman–Crippen LogP) is 4.59. The summed E-state index contributed by atoms with van der Waals surface area (Å²) in [5.74, 6) is 0. The number of rotatable bonds is 2. The molecule has 112 valence electrons. The fourth-order valence-corrected chi connectivity index (χ4v) is 3.34. The largest absolute Gasteiger partial charge is 0.484 e. The fourth-order valence-electron chi connectivity index (χ4n) is 3.34. The lowest BCUT2D eigenvalue weighted by atomic mass is 9.21. The van der Waals surface area contributed by atoms with Crippen molar-refractivity contribution in [1.82, 2.24) is 0 Å². The lowest BCUT2D eigenvalue weighted by Gasteiger charge is -2.77. The first kappa shape index (κ1) is 14.8. The standard InChI is InChI=1S/C8H6BF10/c10-6(7(11,12)13,8(14,15)16)4-1-5(2-4,3-4)9(17,18)19/h1-3H2/q-1. The molecule has 3 fully saturated rings. The van der Waals surface area contributed by atoms with Gasteiger partial charge >= 0.3 is 25.0 Å². The average Bonchev–Trinajstić information content (AvgIpc) is 1.89. The summed E-state index contributed by atoms with van der Waals surface area (Å²) in [5, 5.41) is -2.52. The van der Waals surface area contributed by atoms with E-state index in [-0.39, 0.29) is 0 Å². The lowest BCUT2D eigenvalue weighted by Crippen LogP contribution is -2.78. The second-order valence-electron chi connectivity index (χ2n) is 5.40. The summed E-state index contributed by atoms with van der Waals surface area (Å²) >= 11 is 0. The smallest absolute Gasteiger partial charge is 0.449 e. The molecule has 19 heavy (non-hydrogen) atoms. The first-order chi connectivity index (χ1) is 8.12. The van der Waals surface area contributed by atoms with E-state index in [0.29, 0.717) is 0 Å². The number of hydrogen-bond acceptors (Lipinski definition) is 0. The first-order valence-corrected chi connectivity index (χ1v) is 5.14. The Hall–Kier alpha value is -0.635. The first-order valence-electron chi connectivity index (χ1n) is 5.14. The molecule has 11 heteroatoms. The molecule has 0 radical (unpaired) electrons. The molecule has 3 aliphatic rings. The van der Waals surface area contributed by atoms with E-state index in [9.17, 15) is 43.7 Å². The Morgan fingerprint density at radius 3 is 1.21 bits per heavy atom. The number of alkyl halides is 7. The van der Waals surface area contributed by atoms with Gasteiger partial charge < -0.3 is 12.9 Å². The average molecular weight is 303 g/mol. The Morgan fingerprint density at radius 2 is 1.00 bits per heavy atom. The molecule has 0 saturated heterocycles. The summed E-state index contributed by atoms with van der Waals surface area (Å²) in [7, 11) is 0. The van der Waals surface area contributed by atoms with E-state index in [1.165, 1.54) is 0 Å².